The Morgan fingerprint density at radius 3 is 2.06 bits per heavy atom. The van der Waals surface area contributed by atoms with Gasteiger partial charge in [0.2, 0.25) is 0 Å². The number of rotatable bonds is 8. The monoisotopic (exact) mass is 458 g/mol. The van der Waals surface area contributed by atoms with Gasteiger partial charge < -0.3 is 28.1 Å². The van der Waals surface area contributed by atoms with E-state index in [1.165, 1.54) is 0 Å². The van der Waals surface area contributed by atoms with Gasteiger partial charge in [0, 0.05) is 0 Å². The molecule has 0 aromatic rings. The fraction of sp³-hybridized carbons (Fsp3) is 0.957. The molecule has 0 aromatic heterocycles. The average Bonchev–Trinajstić information content (AvgIpc) is 3.39. The van der Waals surface area contributed by atoms with Crippen LogP contribution in [0.4, 0.5) is 0 Å². The molecule has 3 fully saturated rings. The van der Waals surface area contributed by atoms with Crippen molar-refractivity contribution in [3.63, 3.8) is 0 Å². The molecule has 0 aromatic carbocycles. The van der Waals surface area contributed by atoms with E-state index >= 15 is 0 Å². The van der Waals surface area contributed by atoms with Gasteiger partial charge in [-0.2, -0.15) is 0 Å². The maximum absolute atomic E-state index is 12.8. The Morgan fingerprint density at radius 1 is 1.00 bits per heavy atom. The Balaban J connectivity index is 1.92. The third kappa shape index (κ3) is 4.48. The second-order valence-corrected chi connectivity index (χ2v) is 15.3. The van der Waals surface area contributed by atoms with Gasteiger partial charge in [-0.3, -0.25) is 0 Å². The molecule has 0 unspecified atom stereocenters. The summed E-state index contributed by atoms with van der Waals surface area (Å²) in [6.07, 6.45) is 0.188. The Morgan fingerprint density at radius 2 is 1.58 bits per heavy atom. The number of fused-ring (bicyclic) bond motifs is 1. The lowest BCUT2D eigenvalue weighted by Crippen LogP contribution is -2.55. The van der Waals surface area contributed by atoms with Gasteiger partial charge in [-0.1, -0.05) is 48.5 Å². The van der Waals surface area contributed by atoms with Crippen LogP contribution in [0.1, 0.15) is 74.1 Å². The Bertz CT molecular complexity index is 651. The predicted octanol–water partition coefficient (Wildman–Crippen LogP) is 4.53. The number of carbonyl (C=O) groups is 1. The highest BCUT2D eigenvalue weighted by atomic mass is 28.4. The fourth-order valence-corrected chi connectivity index (χ4v) is 5.72. The van der Waals surface area contributed by atoms with Gasteiger partial charge in [0.15, 0.2) is 32.1 Å². The molecule has 0 amide bonds. The van der Waals surface area contributed by atoms with Gasteiger partial charge in [-0.25, -0.2) is 4.79 Å². The molecule has 8 heteroatoms. The summed E-state index contributed by atoms with van der Waals surface area (Å²) in [5, 5.41) is -0.0110. The first-order valence-corrected chi connectivity index (χ1v) is 14.8. The molecule has 0 radical (unpaired) electrons. The first-order valence-electron chi connectivity index (χ1n) is 11.9. The SMILES string of the molecule is CCC1(CC)OC[C@H]([C@H](O[Si](C)(C)C(C)(C)C)[C@@H]2OC(=O)[C@@H]3OC(CC)(CC)O[C@H]23)O1. The van der Waals surface area contributed by atoms with E-state index in [-0.39, 0.29) is 17.1 Å². The van der Waals surface area contributed by atoms with Crippen LogP contribution in [0.25, 0.3) is 0 Å². The minimum Gasteiger partial charge on any atom is -0.455 e. The average molecular weight is 459 g/mol. The molecule has 5 atom stereocenters. The molecule has 3 aliphatic rings. The summed E-state index contributed by atoms with van der Waals surface area (Å²) in [4.78, 5) is 12.8. The van der Waals surface area contributed by atoms with Crippen molar-refractivity contribution in [1.29, 1.82) is 0 Å². The summed E-state index contributed by atoms with van der Waals surface area (Å²) < 4.78 is 37.8. The van der Waals surface area contributed by atoms with Crippen LogP contribution < -0.4 is 0 Å². The second-order valence-electron chi connectivity index (χ2n) is 10.6. The van der Waals surface area contributed by atoms with Gasteiger partial charge in [0.25, 0.3) is 0 Å². The van der Waals surface area contributed by atoms with E-state index in [4.69, 9.17) is 28.1 Å². The van der Waals surface area contributed by atoms with Gasteiger partial charge in [-0.05, 0) is 43.8 Å². The van der Waals surface area contributed by atoms with Crippen molar-refractivity contribution >= 4 is 14.3 Å². The maximum atomic E-state index is 12.8. The number of ether oxygens (including phenoxy) is 5. The maximum Gasteiger partial charge on any atom is 0.338 e. The quantitative estimate of drug-likeness (QED) is 0.391. The molecular formula is C23H42O7Si. The number of esters is 1. The van der Waals surface area contributed by atoms with Crippen LogP contribution in [-0.4, -0.2) is 63.0 Å². The normalized spacial score (nSPS) is 33.4. The largest absolute Gasteiger partial charge is 0.455 e. The Labute approximate surface area is 188 Å². The van der Waals surface area contributed by atoms with Crippen molar-refractivity contribution in [1.82, 2.24) is 0 Å². The van der Waals surface area contributed by atoms with Crippen molar-refractivity contribution in [2.45, 2.75) is 134 Å². The lowest BCUT2D eigenvalue weighted by molar-refractivity contribution is -0.220. The van der Waals surface area contributed by atoms with Crippen LogP contribution >= 0.6 is 0 Å². The molecule has 180 valence electrons. The highest BCUT2D eigenvalue weighted by molar-refractivity contribution is 6.74. The number of hydrogen-bond acceptors (Lipinski definition) is 7. The number of cyclic esters (lactones) is 1. The minimum atomic E-state index is -2.21. The van der Waals surface area contributed by atoms with E-state index in [1.807, 2.05) is 13.8 Å². The van der Waals surface area contributed by atoms with E-state index in [9.17, 15) is 4.79 Å². The number of carbonyl (C=O) groups excluding carboxylic acids is 1. The summed E-state index contributed by atoms with van der Waals surface area (Å²) in [5.74, 6) is -1.75. The van der Waals surface area contributed by atoms with Gasteiger partial charge >= 0.3 is 5.97 Å². The summed E-state index contributed by atoms with van der Waals surface area (Å²) in [6, 6.07) is 0. The molecule has 0 saturated carbocycles. The highest BCUT2D eigenvalue weighted by Crippen LogP contribution is 2.45. The molecule has 0 spiro atoms. The molecule has 0 bridgehead atoms. The van der Waals surface area contributed by atoms with Crippen LogP contribution in [-0.2, 0) is 32.9 Å². The van der Waals surface area contributed by atoms with Gasteiger partial charge in [0.05, 0.1) is 6.61 Å². The lowest BCUT2D eigenvalue weighted by atomic mass is 10.0. The van der Waals surface area contributed by atoms with Gasteiger partial charge in [-0.15, -0.1) is 0 Å². The van der Waals surface area contributed by atoms with Crippen molar-refractivity contribution in [3.8, 4) is 0 Å². The summed E-state index contributed by atoms with van der Waals surface area (Å²) in [5.41, 5.74) is 0. The Hall–Kier alpha value is -0.513. The molecular weight excluding hydrogens is 416 g/mol. The van der Waals surface area contributed by atoms with Gasteiger partial charge in [0.1, 0.15) is 18.3 Å². The van der Waals surface area contributed by atoms with Crippen LogP contribution in [0.2, 0.25) is 18.1 Å². The molecule has 0 aliphatic carbocycles. The predicted molar refractivity (Wildman–Crippen MR) is 119 cm³/mol. The summed E-state index contributed by atoms with van der Waals surface area (Å²) in [6.45, 7) is 19.5. The van der Waals surface area contributed by atoms with Crippen molar-refractivity contribution in [2.24, 2.45) is 0 Å². The number of hydrogen-bond donors (Lipinski definition) is 0. The van der Waals surface area contributed by atoms with E-state index in [0.29, 0.717) is 19.4 Å². The summed E-state index contributed by atoms with van der Waals surface area (Å²) in [7, 11) is -2.21. The van der Waals surface area contributed by atoms with E-state index < -0.39 is 44.3 Å². The van der Waals surface area contributed by atoms with E-state index in [2.05, 4.69) is 47.7 Å². The van der Waals surface area contributed by atoms with Crippen molar-refractivity contribution in [2.75, 3.05) is 6.61 Å². The van der Waals surface area contributed by atoms with E-state index in [0.717, 1.165) is 12.8 Å². The molecule has 3 rings (SSSR count). The molecule has 0 N–H and O–H groups in total. The topological polar surface area (TPSA) is 72.5 Å². The molecule has 7 nitrogen and oxygen atoms in total. The first-order chi connectivity index (χ1) is 14.4. The first kappa shape index (κ1) is 25.1. The van der Waals surface area contributed by atoms with Crippen molar-refractivity contribution in [3.05, 3.63) is 0 Å². The van der Waals surface area contributed by atoms with Crippen molar-refractivity contribution < 1.29 is 32.9 Å². The lowest BCUT2D eigenvalue weighted by Gasteiger charge is -2.42. The smallest absolute Gasteiger partial charge is 0.338 e. The minimum absolute atomic E-state index is 0.0110. The molecule has 3 aliphatic heterocycles. The fourth-order valence-electron chi connectivity index (χ4n) is 4.40. The zero-order valence-corrected chi connectivity index (χ0v) is 21.8. The third-order valence-electron chi connectivity index (χ3n) is 7.76. The summed E-state index contributed by atoms with van der Waals surface area (Å²) >= 11 is 0. The molecule has 31 heavy (non-hydrogen) atoms. The standard InChI is InChI=1S/C23H42O7Si/c1-10-22(11-2)25-14-15(27-22)16(30-31(8,9)21(5,6)7)17-18-19(20(24)26-17)29-23(12-3,13-4)28-18/h15-19H,10-14H2,1-9H3/t15-,16+,17+,18-,19-/m1/s1. The van der Waals surface area contributed by atoms with Crippen LogP contribution in [0.5, 0.6) is 0 Å². The highest BCUT2D eigenvalue weighted by Gasteiger charge is 2.62. The zero-order valence-electron chi connectivity index (χ0n) is 20.8. The van der Waals surface area contributed by atoms with Crippen LogP contribution in [0.3, 0.4) is 0 Å². The zero-order chi connectivity index (χ0) is 23.2. The van der Waals surface area contributed by atoms with Crippen LogP contribution in [0, 0.1) is 0 Å². The molecule has 3 heterocycles. The second kappa shape index (κ2) is 8.69. The molecule has 3 saturated heterocycles. The Kier molecular flexibility index (Phi) is 7.04. The van der Waals surface area contributed by atoms with Crippen LogP contribution in [0.15, 0.2) is 0 Å². The van der Waals surface area contributed by atoms with E-state index in [1.54, 1.807) is 0 Å². The third-order valence-corrected chi connectivity index (χ3v) is 12.2.